The minimum absolute atomic E-state index is 0. The van der Waals surface area contributed by atoms with E-state index < -0.39 is 0 Å². The Labute approximate surface area is 188 Å². The lowest BCUT2D eigenvalue weighted by Crippen LogP contribution is -2.46. The van der Waals surface area contributed by atoms with E-state index in [2.05, 4.69) is 34.4 Å². The summed E-state index contributed by atoms with van der Waals surface area (Å²) in [5.41, 5.74) is 0.488. The third-order valence-corrected chi connectivity index (χ3v) is 5.71. The Morgan fingerprint density at radius 3 is 2.43 bits per heavy atom. The fourth-order valence-electron chi connectivity index (χ4n) is 3.52. The minimum atomic E-state index is 0. The summed E-state index contributed by atoms with van der Waals surface area (Å²) in [5, 5.41) is 6.88. The molecule has 1 saturated carbocycles. The predicted molar refractivity (Wildman–Crippen MR) is 125 cm³/mol. The van der Waals surface area contributed by atoms with Crippen molar-refractivity contribution in [2.24, 2.45) is 16.3 Å². The zero-order chi connectivity index (χ0) is 19.7. The molecule has 2 aliphatic rings. The zero-order valence-corrected chi connectivity index (χ0v) is 20.5. The van der Waals surface area contributed by atoms with E-state index in [1.54, 1.807) is 19.0 Å². The van der Waals surface area contributed by atoms with Crippen LogP contribution in [0.25, 0.3) is 0 Å². The topological polar surface area (TPSA) is 69.2 Å². The Hall–Kier alpha value is -0.610. The van der Waals surface area contributed by atoms with Crippen LogP contribution in [0.5, 0.6) is 0 Å². The van der Waals surface area contributed by atoms with Crippen molar-refractivity contribution in [1.29, 1.82) is 0 Å². The highest BCUT2D eigenvalue weighted by atomic mass is 127. The van der Waals surface area contributed by atoms with E-state index in [1.807, 2.05) is 0 Å². The lowest BCUT2D eigenvalue weighted by atomic mass is 9.73. The van der Waals surface area contributed by atoms with Crippen molar-refractivity contribution in [2.75, 3.05) is 66.6 Å². The first-order valence-corrected chi connectivity index (χ1v) is 10.4. The van der Waals surface area contributed by atoms with Gasteiger partial charge in [0.25, 0.3) is 0 Å². The van der Waals surface area contributed by atoms with Crippen LogP contribution in [-0.4, -0.2) is 88.2 Å². The van der Waals surface area contributed by atoms with Gasteiger partial charge >= 0.3 is 0 Å². The number of hydrogen-bond donors (Lipinski definition) is 2. The van der Waals surface area contributed by atoms with Crippen LogP contribution in [0.3, 0.4) is 0 Å². The number of carbonyl (C=O) groups excluding carboxylic acids is 1. The number of hydrogen-bond acceptors (Lipinski definition) is 4. The molecule has 0 atom stereocenters. The van der Waals surface area contributed by atoms with Crippen molar-refractivity contribution in [1.82, 2.24) is 20.4 Å². The van der Waals surface area contributed by atoms with Gasteiger partial charge in [0.2, 0.25) is 5.91 Å². The first-order valence-electron chi connectivity index (χ1n) is 10.4. The molecule has 2 N–H and O–H groups in total. The van der Waals surface area contributed by atoms with Crippen molar-refractivity contribution < 1.29 is 9.53 Å². The molecule has 0 aromatic rings. The van der Waals surface area contributed by atoms with Gasteiger partial charge in [0, 0.05) is 46.8 Å². The number of likely N-dealkylation sites (N-methyl/N-ethyl adjacent to an activating group) is 1. The number of rotatable bonds is 7. The maximum Gasteiger partial charge on any atom is 0.243 e. The lowest BCUT2D eigenvalue weighted by molar-refractivity contribution is -0.127. The van der Waals surface area contributed by atoms with Gasteiger partial charge in [0.15, 0.2) is 5.96 Å². The standard InChI is InChI=1S/C20H39N5O2.HI/c1-20(2)7-5-17(6-8-20)15-22-19(23-16-18(26)24(3)4)21-9-10-25-11-13-27-14-12-25;/h17H,5-16H2,1-4H3,(H2,21,22,23);1H. The van der Waals surface area contributed by atoms with Crippen LogP contribution in [0.2, 0.25) is 0 Å². The number of guanidine groups is 1. The zero-order valence-electron chi connectivity index (χ0n) is 18.1. The second kappa shape index (κ2) is 12.8. The summed E-state index contributed by atoms with van der Waals surface area (Å²) >= 11 is 0. The van der Waals surface area contributed by atoms with Gasteiger partial charge in [-0.15, -0.1) is 24.0 Å². The molecule has 7 nitrogen and oxygen atoms in total. The third-order valence-electron chi connectivity index (χ3n) is 5.71. The summed E-state index contributed by atoms with van der Waals surface area (Å²) in [5.74, 6) is 1.46. The molecule has 2 fully saturated rings. The number of nitrogens with zero attached hydrogens (tertiary/aromatic N) is 3. The number of nitrogens with one attached hydrogen (secondary N) is 2. The van der Waals surface area contributed by atoms with Crippen molar-refractivity contribution >= 4 is 35.8 Å². The smallest absolute Gasteiger partial charge is 0.243 e. The van der Waals surface area contributed by atoms with E-state index in [0.29, 0.717) is 11.3 Å². The molecule has 0 unspecified atom stereocenters. The van der Waals surface area contributed by atoms with E-state index in [-0.39, 0.29) is 36.4 Å². The number of morpholine rings is 1. The molecule has 1 aliphatic heterocycles. The molecule has 0 radical (unpaired) electrons. The molecule has 2 rings (SSSR count). The number of aliphatic imine (C=N–C) groups is 1. The highest BCUT2D eigenvalue weighted by Gasteiger charge is 2.26. The SMILES string of the molecule is CN(C)C(=O)CN=C(NCCN1CCOCC1)NCC1CCC(C)(C)CC1.I. The van der Waals surface area contributed by atoms with E-state index in [4.69, 9.17) is 4.74 Å². The summed E-state index contributed by atoms with van der Waals surface area (Å²) in [7, 11) is 3.53. The fourth-order valence-corrected chi connectivity index (χ4v) is 3.52. The van der Waals surface area contributed by atoms with Gasteiger partial charge in [0.05, 0.1) is 13.2 Å². The van der Waals surface area contributed by atoms with Crippen molar-refractivity contribution in [3.05, 3.63) is 0 Å². The summed E-state index contributed by atoms with van der Waals surface area (Å²) < 4.78 is 5.39. The van der Waals surface area contributed by atoms with Gasteiger partial charge in [0.1, 0.15) is 6.54 Å². The molecule has 1 saturated heterocycles. The molecular formula is C20H40IN5O2. The summed E-state index contributed by atoms with van der Waals surface area (Å²) in [4.78, 5) is 20.4. The van der Waals surface area contributed by atoms with E-state index in [9.17, 15) is 4.79 Å². The second-order valence-electron chi connectivity index (χ2n) is 8.82. The molecule has 0 spiro atoms. The average molecular weight is 509 g/mol. The Bertz CT molecular complexity index is 483. The Morgan fingerprint density at radius 2 is 1.82 bits per heavy atom. The number of ether oxygens (including phenoxy) is 1. The number of halogens is 1. The summed E-state index contributed by atoms with van der Waals surface area (Å²) in [6.45, 7) is 11.2. The Balaban J connectivity index is 0.00000392. The molecule has 0 aromatic heterocycles. The molecular weight excluding hydrogens is 469 g/mol. The number of amides is 1. The monoisotopic (exact) mass is 509 g/mol. The third kappa shape index (κ3) is 9.73. The first kappa shape index (κ1) is 25.4. The van der Waals surface area contributed by atoms with Crippen LogP contribution in [0, 0.1) is 11.3 Å². The van der Waals surface area contributed by atoms with E-state index in [1.165, 1.54) is 25.7 Å². The summed E-state index contributed by atoms with van der Waals surface area (Å²) in [6.07, 6.45) is 5.10. The molecule has 0 aromatic carbocycles. The van der Waals surface area contributed by atoms with Gasteiger partial charge in [-0.1, -0.05) is 13.8 Å². The maximum absolute atomic E-state index is 11.9. The van der Waals surface area contributed by atoms with Gasteiger partial charge in [-0.2, -0.15) is 0 Å². The van der Waals surface area contributed by atoms with Gasteiger partial charge in [-0.25, -0.2) is 4.99 Å². The van der Waals surface area contributed by atoms with Crippen LogP contribution < -0.4 is 10.6 Å². The van der Waals surface area contributed by atoms with Gasteiger partial charge in [-0.3, -0.25) is 9.69 Å². The second-order valence-corrected chi connectivity index (χ2v) is 8.82. The molecule has 1 amide bonds. The van der Waals surface area contributed by atoms with Crippen molar-refractivity contribution in [3.63, 3.8) is 0 Å². The highest BCUT2D eigenvalue weighted by Crippen LogP contribution is 2.37. The Morgan fingerprint density at radius 1 is 1.18 bits per heavy atom. The van der Waals surface area contributed by atoms with Crippen molar-refractivity contribution in [3.8, 4) is 0 Å². The lowest BCUT2D eigenvalue weighted by Gasteiger charge is -2.34. The van der Waals surface area contributed by atoms with E-state index >= 15 is 0 Å². The quantitative estimate of drug-likeness (QED) is 0.311. The largest absolute Gasteiger partial charge is 0.379 e. The predicted octanol–water partition coefficient (Wildman–Crippen LogP) is 1.78. The molecule has 164 valence electrons. The minimum Gasteiger partial charge on any atom is -0.379 e. The van der Waals surface area contributed by atoms with Gasteiger partial charge in [-0.05, 0) is 37.0 Å². The molecule has 1 aliphatic carbocycles. The summed E-state index contributed by atoms with van der Waals surface area (Å²) in [6, 6.07) is 0. The molecule has 0 bridgehead atoms. The maximum atomic E-state index is 11.9. The highest BCUT2D eigenvalue weighted by molar-refractivity contribution is 14.0. The van der Waals surface area contributed by atoms with Crippen LogP contribution in [0.15, 0.2) is 4.99 Å². The van der Waals surface area contributed by atoms with Crippen LogP contribution in [0.1, 0.15) is 39.5 Å². The van der Waals surface area contributed by atoms with Crippen molar-refractivity contribution in [2.45, 2.75) is 39.5 Å². The van der Waals surface area contributed by atoms with Crippen LogP contribution in [0.4, 0.5) is 0 Å². The normalized spacial score (nSPS) is 20.9. The molecule has 1 heterocycles. The fraction of sp³-hybridized carbons (Fsp3) is 0.900. The Kier molecular flexibility index (Phi) is 11.7. The van der Waals surface area contributed by atoms with Gasteiger partial charge < -0.3 is 20.3 Å². The molecule has 28 heavy (non-hydrogen) atoms. The number of carbonyl (C=O) groups is 1. The average Bonchev–Trinajstić information content (AvgIpc) is 2.65. The van der Waals surface area contributed by atoms with E-state index in [0.717, 1.165) is 51.9 Å². The van der Waals surface area contributed by atoms with Crippen LogP contribution >= 0.6 is 24.0 Å². The molecule has 8 heteroatoms. The first-order chi connectivity index (χ1) is 12.9. The van der Waals surface area contributed by atoms with Crippen LogP contribution in [-0.2, 0) is 9.53 Å².